The van der Waals surface area contributed by atoms with E-state index in [1.165, 1.54) is 35.7 Å². The highest BCUT2D eigenvalue weighted by Gasteiger charge is 2.09. The number of hydrogen-bond donors (Lipinski definition) is 0. The van der Waals surface area contributed by atoms with Gasteiger partial charge in [-0.2, -0.15) is 0 Å². The molecule has 1 aromatic heterocycles. The maximum absolute atomic E-state index is 4.75. The average Bonchev–Trinajstić information content (AvgIpc) is 2.36. The number of nitrogens with zero attached hydrogens (tertiary/aromatic N) is 1. The van der Waals surface area contributed by atoms with E-state index in [1.807, 2.05) is 0 Å². The molecule has 17 heavy (non-hydrogen) atoms. The number of aryl methyl sites for hydroxylation is 1. The Balaban J connectivity index is 2.36. The predicted octanol–water partition coefficient (Wildman–Crippen LogP) is 4.84. The molecular weight excluding hydrogens is 206 g/mol. The molecule has 2 aromatic rings. The zero-order valence-electron chi connectivity index (χ0n) is 11.0. The number of fused-ring (bicyclic) bond motifs is 1. The Kier molecular flexibility index (Phi) is 3.78. The summed E-state index contributed by atoms with van der Waals surface area (Å²) in [6.07, 6.45) is 3.78. The molecule has 0 N–H and O–H groups in total. The van der Waals surface area contributed by atoms with Crippen LogP contribution in [0.4, 0.5) is 0 Å². The molecule has 0 fully saturated rings. The van der Waals surface area contributed by atoms with Crippen LogP contribution < -0.4 is 0 Å². The molecular formula is C16H21N. The largest absolute Gasteiger partial charge is 0.257 e. The van der Waals surface area contributed by atoms with Gasteiger partial charge in [-0.05, 0) is 30.7 Å². The van der Waals surface area contributed by atoms with E-state index in [9.17, 15) is 0 Å². The quantitative estimate of drug-likeness (QED) is 0.728. The second kappa shape index (κ2) is 5.31. The van der Waals surface area contributed by atoms with Gasteiger partial charge in [-0.25, -0.2) is 0 Å². The molecule has 0 radical (unpaired) electrons. The van der Waals surface area contributed by atoms with E-state index >= 15 is 0 Å². The molecule has 1 heteroatoms. The number of benzene rings is 1. The van der Waals surface area contributed by atoms with Crippen molar-refractivity contribution < 1.29 is 0 Å². The molecule has 0 saturated heterocycles. The first kappa shape index (κ1) is 12.1. The first-order valence-corrected chi connectivity index (χ1v) is 6.58. The first-order chi connectivity index (χ1) is 8.22. The van der Waals surface area contributed by atoms with Crippen molar-refractivity contribution in [2.75, 3.05) is 0 Å². The Labute approximate surface area is 104 Å². The fourth-order valence-corrected chi connectivity index (χ4v) is 2.31. The molecule has 0 amide bonds. The standard InChI is InChI=1S/C16H21N/c1-4-5-8-12(2)16-11-14-9-6-7-10-15(14)13(3)17-16/h6-7,9-12H,4-5,8H2,1-3H3/t12-/m1/s1. The molecule has 0 spiro atoms. The van der Waals surface area contributed by atoms with Gasteiger partial charge in [-0.1, -0.05) is 51.0 Å². The van der Waals surface area contributed by atoms with Crippen LogP contribution in [-0.4, -0.2) is 4.98 Å². The fraction of sp³-hybridized carbons (Fsp3) is 0.438. The van der Waals surface area contributed by atoms with Gasteiger partial charge in [0.2, 0.25) is 0 Å². The van der Waals surface area contributed by atoms with Crippen LogP contribution in [0.1, 0.15) is 50.4 Å². The van der Waals surface area contributed by atoms with Crippen LogP contribution in [0.5, 0.6) is 0 Å². The normalized spacial score (nSPS) is 12.9. The molecule has 0 aliphatic rings. The maximum Gasteiger partial charge on any atom is 0.0454 e. The molecule has 2 rings (SSSR count). The van der Waals surface area contributed by atoms with Gasteiger partial charge in [0.05, 0.1) is 0 Å². The monoisotopic (exact) mass is 227 g/mol. The molecule has 1 aromatic carbocycles. The SMILES string of the molecule is CCCC[C@@H](C)c1cc2ccccc2c(C)n1. The van der Waals surface area contributed by atoms with Crippen molar-refractivity contribution >= 4 is 10.8 Å². The molecule has 0 aliphatic carbocycles. The van der Waals surface area contributed by atoms with Gasteiger partial charge in [0, 0.05) is 16.8 Å². The van der Waals surface area contributed by atoms with Gasteiger partial charge in [0.25, 0.3) is 0 Å². The summed E-state index contributed by atoms with van der Waals surface area (Å²) in [4.78, 5) is 4.75. The Bertz CT molecular complexity index is 502. The minimum absolute atomic E-state index is 0.568. The maximum atomic E-state index is 4.75. The predicted molar refractivity (Wildman–Crippen MR) is 74.4 cm³/mol. The number of unbranched alkanes of at least 4 members (excludes halogenated alkanes) is 1. The van der Waals surface area contributed by atoms with Crippen LogP contribution in [0, 0.1) is 6.92 Å². The molecule has 0 bridgehead atoms. The molecule has 1 heterocycles. The van der Waals surface area contributed by atoms with Crippen molar-refractivity contribution in [3.05, 3.63) is 41.7 Å². The number of pyridine rings is 1. The lowest BCUT2D eigenvalue weighted by atomic mass is 9.98. The summed E-state index contributed by atoms with van der Waals surface area (Å²) in [6, 6.07) is 10.8. The second-order valence-corrected chi connectivity index (χ2v) is 4.90. The van der Waals surface area contributed by atoms with Crippen molar-refractivity contribution in [3.63, 3.8) is 0 Å². The number of aromatic nitrogens is 1. The zero-order chi connectivity index (χ0) is 12.3. The van der Waals surface area contributed by atoms with E-state index in [1.54, 1.807) is 0 Å². The molecule has 1 nitrogen and oxygen atoms in total. The minimum Gasteiger partial charge on any atom is -0.257 e. The average molecular weight is 227 g/mol. The Morgan fingerprint density at radius 3 is 2.76 bits per heavy atom. The lowest BCUT2D eigenvalue weighted by Gasteiger charge is -2.12. The van der Waals surface area contributed by atoms with Crippen molar-refractivity contribution in [1.82, 2.24) is 4.98 Å². The van der Waals surface area contributed by atoms with Gasteiger partial charge in [0.1, 0.15) is 0 Å². The van der Waals surface area contributed by atoms with Gasteiger partial charge < -0.3 is 0 Å². The van der Waals surface area contributed by atoms with Crippen LogP contribution in [0.25, 0.3) is 10.8 Å². The van der Waals surface area contributed by atoms with Crippen LogP contribution in [-0.2, 0) is 0 Å². The summed E-state index contributed by atoms with van der Waals surface area (Å²) in [5.74, 6) is 0.568. The van der Waals surface area contributed by atoms with Crippen LogP contribution >= 0.6 is 0 Å². The second-order valence-electron chi connectivity index (χ2n) is 4.90. The third kappa shape index (κ3) is 2.66. The molecule has 90 valence electrons. The Morgan fingerprint density at radius 2 is 2.00 bits per heavy atom. The highest BCUT2D eigenvalue weighted by atomic mass is 14.7. The smallest absolute Gasteiger partial charge is 0.0454 e. The van der Waals surface area contributed by atoms with E-state index in [4.69, 9.17) is 4.98 Å². The van der Waals surface area contributed by atoms with Crippen molar-refractivity contribution in [3.8, 4) is 0 Å². The van der Waals surface area contributed by atoms with Crippen LogP contribution in [0.2, 0.25) is 0 Å². The molecule has 0 saturated carbocycles. The van der Waals surface area contributed by atoms with E-state index in [2.05, 4.69) is 51.1 Å². The lowest BCUT2D eigenvalue weighted by Crippen LogP contribution is -1.99. The van der Waals surface area contributed by atoms with Gasteiger partial charge >= 0.3 is 0 Å². The molecule has 1 atom stereocenters. The fourth-order valence-electron chi connectivity index (χ4n) is 2.31. The van der Waals surface area contributed by atoms with Crippen molar-refractivity contribution in [1.29, 1.82) is 0 Å². The zero-order valence-corrected chi connectivity index (χ0v) is 11.0. The Morgan fingerprint density at radius 1 is 1.24 bits per heavy atom. The highest BCUT2D eigenvalue weighted by Crippen LogP contribution is 2.25. The first-order valence-electron chi connectivity index (χ1n) is 6.58. The number of hydrogen-bond acceptors (Lipinski definition) is 1. The summed E-state index contributed by atoms with van der Waals surface area (Å²) in [6.45, 7) is 6.64. The topological polar surface area (TPSA) is 12.9 Å². The minimum atomic E-state index is 0.568. The third-order valence-electron chi connectivity index (χ3n) is 3.45. The summed E-state index contributed by atoms with van der Waals surface area (Å²) in [5, 5.41) is 2.59. The van der Waals surface area contributed by atoms with E-state index in [0.29, 0.717) is 5.92 Å². The number of rotatable bonds is 4. The van der Waals surface area contributed by atoms with Gasteiger partial charge in [-0.15, -0.1) is 0 Å². The van der Waals surface area contributed by atoms with Crippen LogP contribution in [0.15, 0.2) is 30.3 Å². The molecule has 0 unspecified atom stereocenters. The lowest BCUT2D eigenvalue weighted by molar-refractivity contribution is 0.611. The van der Waals surface area contributed by atoms with Crippen molar-refractivity contribution in [2.45, 2.75) is 46.0 Å². The summed E-state index contributed by atoms with van der Waals surface area (Å²) >= 11 is 0. The van der Waals surface area contributed by atoms with Crippen LogP contribution in [0.3, 0.4) is 0 Å². The van der Waals surface area contributed by atoms with E-state index < -0.39 is 0 Å². The summed E-state index contributed by atoms with van der Waals surface area (Å²) in [5.41, 5.74) is 2.40. The Hall–Kier alpha value is -1.37. The van der Waals surface area contributed by atoms with E-state index in [0.717, 1.165) is 5.69 Å². The van der Waals surface area contributed by atoms with E-state index in [-0.39, 0.29) is 0 Å². The van der Waals surface area contributed by atoms with Gasteiger partial charge in [0.15, 0.2) is 0 Å². The summed E-state index contributed by atoms with van der Waals surface area (Å²) < 4.78 is 0. The highest BCUT2D eigenvalue weighted by molar-refractivity contribution is 5.84. The molecule has 0 aliphatic heterocycles. The third-order valence-corrected chi connectivity index (χ3v) is 3.45. The van der Waals surface area contributed by atoms with Gasteiger partial charge in [-0.3, -0.25) is 4.98 Å². The van der Waals surface area contributed by atoms with Crippen molar-refractivity contribution in [2.24, 2.45) is 0 Å². The summed E-state index contributed by atoms with van der Waals surface area (Å²) in [7, 11) is 0.